The van der Waals surface area contributed by atoms with E-state index in [0.717, 1.165) is 11.3 Å². The standard InChI is InChI=1S/C14H17N3O3S/c1-10-3-8-13(17(10)2)14(18)16-9-11-4-6-12(7-5-11)21(15,19)20/h3-8H,9H2,1-2H3,(H,16,18)(H2,15,19,20). The molecule has 112 valence electrons. The fraction of sp³-hybridized carbons (Fsp3) is 0.214. The van der Waals surface area contributed by atoms with E-state index in [1.807, 2.05) is 20.0 Å². The van der Waals surface area contributed by atoms with Gasteiger partial charge in [0.05, 0.1) is 4.90 Å². The largest absolute Gasteiger partial charge is 0.347 e. The van der Waals surface area contributed by atoms with Gasteiger partial charge in [0.1, 0.15) is 5.69 Å². The molecule has 2 aromatic rings. The lowest BCUT2D eigenvalue weighted by atomic mass is 10.2. The highest BCUT2D eigenvalue weighted by atomic mass is 32.2. The second-order valence-corrected chi connectivity index (χ2v) is 6.35. The Labute approximate surface area is 123 Å². The molecule has 2 rings (SSSR count). The molecule has 6 nitrogen and oxygen atoms in total. The summed E-state index contributed by atoms with van der Waals surface area (Å²) in [7, 11) is -1.86. The molecule has 0 radical (unpaired) electrons. The van der Waals surface area contributed by atoms with E-state index in [-0.39, 0.29) is 10.8 Å². The molecule has 3 N–H and O–H groups in total. The Morgan fingerprint density at radius 2 is 1.81 bits per heavy atom. The normalized spacial score (nSPS) is 11.4. The number of aromatic nitrogens is 1. The summed E-state index contributed by atoms with van der Waals surface area (Å²) in [5, 5.41) is 7.81. The number of benzene rings is 1. The highest BCUT2D eigenvalue weighted by Gasteiger charge is 2.11. The van der Waals surface area contributed by atoms with Crippen LogP contribution in [0.4, 0.5) is 0 Å². The molecule has 0 atom stereocenters. The van der Waals surface area contributed by atoms with E-state index in [0.29, 0.717) is 12.2 Å². The topological polar surface area (TPSA) is 94.2 Å². The first kappa shape index (κ1) is 15.3. The summed E-state index contributed by atoms with van der Waals surface area (Å²) >= 11 is 0. The highest BCUT2D eigenvalue weighted by Crippen LogP contribution is 2.09. The fourth-order valence-electron chi connectivity index (χ4n) is 1.91. The molecule has 0 spiro atoms. The van der Waals surface area contributed by atoms with Crippen LogP contribution >= 0.6 is 0 Å². The number of carbonyl (C=O) groups excluding carboxylic acids is 1. The van der Waals surface area contributed by atoms with Gasteiger partial charge in [-0.1, -0.05) is 12.1 Å². The predicted octanol–water partition coefficient (Wildman–Crippen LogP) is 0.911. The SMILES string of the molecule is Cc1ccc(C(=O)NCc2ccc(S(N)(=O)=O)cc2)n1C. The number of aryl methyl sites for hydroxylation is 1. The molecular formula is C14H17N3O3S. The average Bonchev–Trinajstić information content (AvgIpc) is 2.76. The van der Waals surface area contributed by atoms with Crippen LogP contribution in [0.25, 0.3) is 0 Å². The highest BCUT2D eigenvalue weighted by molar-refractivity contribution is 7.89. The molecule has 1 heterocycles. The van der Waals surface area contributed by atoms with Gasteiger partial charge < -0.3 is 9.88 Å². The zero-order chi connectivity index (χ0) is 15.6. The minimum atomic E-state index is -3.69. The molecule has 0 aliphatic heterocycles. The van der Waals surface area contributed by atoms with Crippen molar-refractivity contribution in [3.05, 3.63) is 53.3 Å². The Morgan fingerprint density at radius 1 is 1.19 bits per heavy atom. The van der Waals surface area contributed by atoms with Gasteiger partial charge >= 0.3 is 0 Å². The van der Waals surface area contributed by atoms with Crippen LogP contribution in [-0.2, 0) is 23.6 Å². The monoisotopic (exact) mass is 307 g/mol. The number of primary sulfonamides is 1. The number of hydrogen-bond acceptors (Lipinski definition) is 3. The van der Waals surface area contributed by atoms with Crippen molar-refractivity contribution in [2.75, 3.05) is 0 Å². The number of hydrogen-bond donors (Lipinski definition) is 2. The third kappa shape index (κ3) is 3.50. The van der Waals surface area contributed by atoms with Crippen molar-refractivity contribution in [3.63, 3.8) is 0 Å². The van der Waals surface area contributed by atoms with E-state index < -0.39 is 10.0 Å². The second-order valence-electron chi connectivity index (χ2n) is 4.79. The first-order chi connectivity index (χ1) is 9.79. The molecule has 0 unspecified atom stereocenters. The molecule has 0 aliphatic rings. The quantitative estimate of drug-likeness (QED) is 0.879. The van der Waals surface area contributed by atoms with Crippen molar-refractivity contribution in [2.24, 2.45) is 12.2 Å². The Kier molecular flexibility index (Phi) is 4.15. The van der Waals surface area contributed by atoms with Crippen molar-refractivity contribution in [1.82, 2.24) is 9.88 Å². The van der Waals surface area contributed by atoms with Crippen molar-refractivity contribution in [2.45, 2.75) is 18.4 Å². The lowest BCUT2D eigenvalue weighted by Gasteiger charge is -2.07. The molecule has 1 amide bonds. The Hall–Kier alpha value is -2.12. The van der Waals surface area contributed by atoms with Crippen LogP contribution in [0, 0.1) is 6.92 Å². The second kappa shape index (κ2) is 5.71. The van der Waals surface area contributed by atoms with Gasteiger partial charge in [-0.3, -0.25) is 4.79 Å². The van der Waals surface area contributed by atoms with Crippen LogP contribution in [0.1, 0.15) is 21.7 Å². The van der Waals surface area contributed by atoms with Crippen LogP contribution in [0.5, 0.6) is 0 Å². The molecular weight excluding hydrogens is 290 g/mol. The van der Waals surface area contributed by atoms with Crippen molar-refractivity contribution < 1.29 is 13.2 Å². The Morgan fingerprint density at radius 3 is 2.29 bits per heavy atom. The number of amides is 1. The number of nitrogens with zero attached hydrogens (tertiary/aromatic N) is 1. The van der Waals surface area contributed by atoms with Crippen LogP contribution in [0.2, 0.25) is 0 Å². The summed E-state index contributed by atoms with van der Waals surface area (Å²) in [6.07, 6.45) is 0. The van der Waals surface area contributed by atoms with Gasteiger partial charge in [-0.15, -0.1) is 0 Å². The number of sulfonamides is 1. The van der Waals surface area contributed by atoms with Gasteiger partial charge in [0.15, 0.2) is 0 Å². The van der Waals surface area contributed by atoms with E-state index in [4.69, 9.17) is 5.14 Å². The molecule has 0 saturated carbocycles. The summed E-state index contributed by atoms with van der Waals surface area (Å²) < 4.78 is 24.1. The molecule has 7 heteroatoms. The van der Waals surface area contributed by atoms with Crippen molar-refractivity contribution in [1.29, 1.82) is 0 Å². The lowest BCUT2D eigenvalue weighted by molar-refractivity contribution is 0.0942. The smallest absolute Gasteiger partial charge is 0.268 e. The maximum atomic E-state index is 12.0. The lowest BCUT2D eigenvalue weighted by Crippen LogP contribution is -2.25. The molecule has 0 bridgehead atoms. The first-order valence-corrected chi connectivity index (χ1v) is 7.86. The number of nitrogens with two attached hydrogens (primary N) is 1. The number of carbonyl (C=O) groups is 1. The van der Waals surface area contributed by atoms with Crippen molar-refractivity contribution in [3.8, 4) is 0 Å². The minimum Gasteiger partial charge on any atom is -0.347 e. The van der Waals surface area contributed by atoms with Crippen molar-refractivity contribution >= 4 is 15.9 Å². The number of rotatable bonds is 4. The van der Waals surface area contributed by atoms with E-state index >= 15 is 0 Å². The zero-order valence-corrected chi connectivity index (χ0v) is 12.6. The van der Waals surface area contributed by atoms with Crippen LogP contribution in [-0.4, -0.2) is 18.9 Å². The third-order valence-electron chi connectivity index (χ3n) is 3.31. The molecule has 21 heavy (non-hydrogen) atoms. The molecule has 1 aromatic carbocycles. The van der Waals surface area contributed by atoms with Crippen LogP contribution in [0.3, 0.4) is 0 Å². The third-order valence-corrected chi connectivity index (χ3v) is 4.24. The van der Waals surface area contributed by atoms with E-state index in [1.165, 1.54) is 12.1 Å². The fourth-order valence-corrected chi connectivity index (χ4v) is 2.43. The summed E-state index contributed by atoms with van der Waals surface area (Å²) in [6, 6.07) is 9.71. The molecule has 0 aliphatic carbocycles. The van der Waals surface area contributed by atoms with E-state index in [2.05, 4.69) is 5.32 Å². The Balaban J connectivity index is 2.03. The van der Waals surface area contributed by atoms with Gasteiger partial charge in [0, 0.05) is 19.3 Å². The maximum absolute atomic E-state index is 12.0. The molecule has 1 aromatic heterocycles. The first-order valence-electron chi connectivity index (χ1n) is 6.31. The Bertz CT molecular complexity index is 761. The van der Waals surface area contributed by atoms with Gasteiger partial charge in [-0.05, 0) is 36.8 Å². The maximum Gasteiger partial charge on any atom is 0.268 e. The van der Waals surface area contributed by atoms with Crippen LogP contribution < -0.4 is 10.5 Å². The predicted molar refractivity (Wildman–Crippen MR) is 79.1 cm³/mol. The van der Waals surface area contributed by atoms with Gasteiger partial charge in [-0.2, -0.15) is 0 Å². The van der Waals surface area contributed by atoms with E-state index in [1.54, 1.807) is 22.8 Å². The number of nitrogens with one attached hydrogen (secondary N) is 1. The average molecular weight is 307 g/mol. The summed E-state index contributed by atoms with van der Waals surface area (Å²) in [4.78, 5) is 12.1. The summed E-state index contributed by atoms with van der Waals surface area (Å²) in [6.45, 7) is 2.23. The van der Waals surface area contributed by atoms with Crippen LogP contribution in [0.15, 0.2) is 41.3 Å². The van der Waals surface area contributed by atoms with Gasteiger partial charge in [0.2, 0.25) is 10.0 Å². The summed E-state index contributed by atoms with van der Waals surface area (Å²) in [5.41, 5.74) is 2.37. The van der Waals surface area contributed by atoms with Gasteiger partial charge in [0.25, 0.3) is 5.91 Å². The summed E-state index contributed by atoms with van der Waals surface area (Å²) in [5.74, 6) is -0.180. The molecule has 0 fully saturated rings. The minimum absolute atomic E-state index is 0.0515. The van der Waals surface area contributed by atoms with Gasteiger partial charge in [-0.25, -0.2) is 13.6 Å². The zero-order valence-electron chi connectivity index (χ0n) is 11.8. The van der Waals surface area contributed by atoms with E-state index in [9.17, 15) is 13.2 Å². The molecule has 0 saturated heterocycles.